The molecule has 0 spiro atoms. The molecule has 9 heavy (non-hydrogen) atoms. The number of carbonyl (C=O) groups is 1. The highest BCUT2D eigenvalue weighted by atomic mass is 16.6. The first-order valence-electron chi connectivity index (χ1n) is 1.89. The molecule has 0 unspecified atom stereocenters. The van der Waals surface area contributed by atoms with Crippen LogP contribution in [0.15, 0.2) is 12.7 Å². The maximum absolute atomic E-state index is 8.56. The van der Waals surface area contributed by atoms with Crippen LogP contribution in [0.4, 0.5) is 4.79 Å². The van der Waals surface area contributed by atoms with E-state index in [1.807, 2.05) is 0 Å². The number of amidine groups is 1. The van der Waals surface area contributed by atoms with Crippen molar-refractivity contribution in [3.63, 3.8) is 0 Å². The molecule has 0 saturated heterocycles. The van der Waals surface area contributed by atoms with Gasteiger partial charge in [-0.3, -0.25) is 5.41 Å². The van der Waals surface area contributed by atoms with Crippen LogP contribution in [0.25, 0.3) is 0 Å². The van der Waals surface area contributed by atoms with Crippen LogP contribution >= 0.6 is 0 Å². The lowest BCUT2D eigenvalue weighted by molar-refractivity contribution is 0.137. The Kier molecular flexibility index (Phi) is 7.53. The molecule has 0 atom stereocenters. The number of hydrogen-bond donors (Lipinski definition) is 4. The van der Waals surface area contributed by atoms with Crippen LogP contribution < -0.4 is 5.73 Å². The van der Waals surface area contributed by atoms with Crippen molar-refractivity contribution in [3.8, 4) is 0 Å². The zero-order chi connectivity index (χ0) is 7.86. The molecule has 0 rings (SSSR count). The summed E-state index contributed by atoms with van der Waals surface area (Å²) in [5.74, 6) is 0.0185. The first-order chi connectivity index (χ1) is 4.00. The summed E-state index contributed by atoms with van der Waals surface area (Å²) < 4.78 is 0. The van der Waals surface area contributed by atoms with Crippen LogP contribution in [0.5, 0.6) is 0 Å². The van der Waals surface area contributed by atoms with E-state index >= 15 is 0 Å². The van der Waals surface area contributed by atoms with E-state index in [1.54, 1.807) is 0 Å². The van der Waals surface area contributed by atoms with Crippen molar-refractivity contribution in [2.45, 2.75) is 0 Å². The Morgan fingerprint density at radius 2 is 1.78 bits per heavy atom. The van der Waals surface area contributed by atoms with Gasteiger partial charge < -0.3 is 15.9 Å². The standard InChI is InChI=1S/C3H6N2.CH2O3/c1-2-3(4)5;2-1(3)4/h2H,1H2,(H3,4,5);(H2,2,3,4). The average molecular weight is 132 g/mol. The highest BCUT2D eigenvalue weighted by Gasteiger charge is 1.70. The summed E-state index contributed by atoms with van der Waals surface area (Å²) >= 11 is 0. The van der Waals surface area contributed by atoms with Crippen LogP contribution in [0.2, 0.25) is 0 Å². The van der Waals surface area contributed by atoms with Gasteiger partial charge in [-0.15, -0.1) is 0 Å². The van der Waals surface area contributed by atoms with Crippen LogP contribution in [0.1, 0.15) is 0 Å². The van der Waals surface area contributed by atoms with Crippen molar-refractivity contribution in [2.75, 3.05) is 0 Å². The molecule has 5 N–H and O–H groups in total. The minimum Gasteiger partial charge on any atom is -0.450 e. The maximum atomic E-state index is 8.56. The molecule has 0 saturated carbocycles. The summed E-state index contributed by atoms with van der Waals surface area (Å²) in [6.07, 6.45) is -0.556. The first kappa shape index (κ1) is 10.5. The van der Waals surface area contributed by atoms with Gasteiger partial charge in [-0.05, 0) is 6.08 Å². The van der Waals surface area contributed by atoms with Gasteiger partial charge in [0.25, 0.3) is 0 Å². The van der Waals surface area contributed by atoms with Crippen LogP contribution in [-0.2, 0) is 0 Å². The quantitative estimate of drug-likeness (QED) is 0.304. The third-order valence-electron chi connectivity index (χ3n) is 0.220. The van der Waals surface area contributed by atoms with Gasteiger partial charge in [0, 0.05) is 0 Å². The predicted molar refractivity (Wildman–Crippen MR) is 32.8 cm³/mol. The van der Waals surface area contributed by atoms with Gasteiger partial charge >= 0.3 is 6.16 Å². The Labute approximate surface area is 51.9 Å². The molecule has 5 nitrogen and oxygen atoms in total. The van der Waals surface area contributed by atoms with Gasteiger partial charge in [-0.1, -0.05) is 6.58 Å². The Hall–Kier alpha value is -1.52. The normalized spacial score (nSPS) is 6.22. The fourth-order valence-electron chi connectivity index (χ4n) is 0. The van der Waals surface area contributed by atoms with E-state index in [9.17, 15) is 0 Å². The SMILES string of the molecule is C=CC(=N)N.O=C(O)O. The molecule has 0 amide bonds. The van der Waals surface area contributed by atoms with Gasteiger partial charge in [0.05, 0.1) is 0 Å². The second kappa shape index (κ2) is 6.48. The van der Waals surface area contributed by atoms with Gasteiger partial charge in [0.2, 0.25) is 0 Å². The third-order valence-corrected chi connectivity index (χ3v) is 0.220. The van der Waals surface area contributed by atoms with E-state index in [0.717, 1.165) is 0 Å². The fourth-order valence-corrected chi connectivity index (χ4v) is 0. The molecule has 0 aliphatic carbocycles. The Morgan fingerprint density at radius 1 is 1.67 bits per heavy atom. The number of carboxylic acid groups (broad SMARTS) is 2. The van der Waals surface area contributed by atoms with E-state index in [4.69, 9.17) is 26.2 Å². The van der Waals surface area contributed by atoms with Gasteiger partial charge in [0.1, 0.15) is 5.84 Å². The fraction of sp³-hybridized carbons (Fsp3) is 0. The van der Waals surface area contributed by atoms with Crippen LogP contribution in [-0.4, -0.2) is 22.2 Å². The van der Waals surface area contributed by atoms with Crippen molar-refractivity contribution in [1.29, 1.82) is 5.41 Å². The summed E-state index contributed by atoms with van der Waals surface area (Å²) in [6.45, 7) is 3.21. The lowest BCUT2D eigenvalue weighted by Gasteiger charge is -1.71. The van der Waals surface area contributed by atoms with Crippen molar-refractivity contribution in [2.24, 2.45) is 5.73 Å². The largest absolute Gasteiger partial charge is 0.503 e. The van der Waals surface area contributed by atoms with E-state index in [0.29, 0.717) is 0 Å². The Balaban J connectivity index is 0. The summed E-state index contributed by atoms with van der Waals surface area (Å²) in [4.78, 5) is 8.56. The lowest BCUT2D eigenvalue weighted by atomic mass is 10.6. The van der Waals surface area contributed by atoms with Crippen LogP contribution in [0.3, 0.4) is 0 Å². The first-order valence-corrected chi connectivity index (χ1v) is 1.89. The monoisotopic (exact) mass is 132 g/mol. The van der Waals surface area contributed by atoms with E-state index < -0.39 is 6.16 Å². The lowest BCUT2D eigenvalue weighted by Crippen LogP contribution is -2.02. The van der Waals surface area contributed by atoms with E-state index in [2.05, 4.69) is 6.58 Å². The molecule has 0 radical (unpaired) electrons. The van der Waals surface area contributed by atoms with E-state index in [1.165, 1.54) is 6.08 Å². The van der Waals surface area contributed by atoms with Crippen molar-refractivity contribution in [1.82, 2.24) is 0 Å². The molecule has 0 heterocycles. The number of hydrogen-bond acceptors (Lipinski definition) is 2. The molecule has 0 aromatic rings. The van der Waals surface area contributed by atoms with Crippen molar-refractivity contribution in [3.05, 3.63) is 12.7 Å². The molecule has 0 aliphatic heterocycles. The Bertz CT molecular complexity index is 117. The average Bonchev–Trinajstić information content (AvgIpc) is 1.65. The molecular formula is C4H8N2O3. The summed E-state index contributed by atoms with van der Waals surface area (Å²) in [6, 6.07) is 0. The highest BCUT2D eigenvalue weighted by Crippen LogP contribution is 1.50. The Morgan fingerprint density at radius 3 is 1.78 bits per heavy atom. The minimum atomic E-state index is -1.83. The molecule has 0 fully saturated rings. The van der Waals surface area contributed by atoms with Crippen molar-refractivity contribution >= 4 is 12.0 Å². The molecule has 52 valence electrons. The molecule has 0 bridgehead atoms. The zero-order valence-corrected chi connectivity index (χ0v) is 4.66. The van der Waals surface area contributed by atoms with Gasteiger partial charge in [0.15, 0.2) is 0 Å². The molecule has 5 heteroatoms. The minimum absolute atomic E-state index is 0.0185. The van der Waals surface area contributed by atoms with Crippen molar-refractivity contribution < 1.29 is 15.0 Å². The zero-order valence-electron chi connectivity index (χ0n) is 4.66. The second-order valence-electron chi connectivity index (χ2n) is 0.942. The number of nitrogens with two attached hydrogens (primary N) is 1. The molecule has 0 aromatic carbocycles. The highest BCUT2D eigenvalue weighted by molar-refractivity contribution is 5.87. The summed E-state index contributed by atoms with van der Waals surface area (Å²) in [5.41, 5.74) is 4.76. The maximum Gasteiger partial charge on any atom is 0.503 e. The molecular weight excluding hydrogens is 124 g/mol. The second-order valence-corrected chi connectivity index (χ2v) is 0.942. The summed E-state index contributed by atoms with van der Waals surface area (Å²) in [5, 5.41) is 20.3. The smallest absolute Gasteiger partial charge is 0.450 e. The van der Waals surface area contributed by atoms with Crippen LogP contribution in [0, 0.1) is 5.41 Å². The number of nitrogens with one attached hydrogen (secondary N) is 1. The van der Waals surface area contributed by atoms with Gasteiger partial charge in [-0.25, -0.2) is 4.79 Å². The van der Waals surface area contributed by atoms with E-state index in [-0.39, 0.29) is 5.84 Å². The predicted octanol–water partition coefficient (Wildman–Crippen LogP) is 0.331. The molecule has 0 aliphatic rings. The molecule has 0 aromatic heterocycles. The third kappa shape index (κ3) is 564. The topological polar surface area (TPSA) is 107 Å². The van der Waals surface area contributed by atoms with Gasteiger partial charge in [-0.2, -0.15) is 0 Å². The number of rotatable bonds is 1. The summed E-state index contributed by atoms with van der Waals surface area (Å²) in [7, 11) is 0.